The minimum Gasteiger partial charge on any atom is -0.491 e. The Balaban J connectivity index is 1.67. The van der Waals surface area contributed by atoms with E-state index in [9.17, 15) is 0 Å². The van der Waals surface area contributed by atoms with Crippen molar-refractivity contribution in [1.29, 1.82) is 0 Å². The molecule has 1 aliphatic rings. The van der Waals surface area contributed by atoms with Crippen molar-refractivity contribution < 1.29 is 4.74 Å². The Labute approximate surface area is 123 Å². The third-order valence-corrected chi connectivity index (χ3v) is 3.63. The Kier molecular flexibility index (Phi) is 4.16. The first kappa shape index (κ1) is 13.6. The summed E-state index contributed by atoms with van der Waals surface area (Å²) in [7, 11) is 0. The van der Waals surface area contributed by atoms with Crippen LogP contribution in [0.25, 0.3) is 0 Å². The zero-order valence-corrected chi connectivity index (χ0v) is 11.8. The van der Waals surface area contributed by atoms with E-state index in [0.717, 1.165) is 31.0 Å². The molecule has 0 aliphatic carbocycles. The van der Waals surface area contributed by atoms with Gasteiger partial charge in [0, 0.05) is 12.7 Å². The zero-order chi connectivity index (χ0) is 14.5. The number of hydrogen-bond donors (Lipinski definition) is 2. The molecule has 1 atom stereocenters. The van der Waals surface area contributed by atoms with E-state index >= 15 is 0 Å². The molecule has 3 N–H and O–H groups in total. The SMILES string of the molecule is NNc1nccc(N2CCCC2COc2ccccc2)n1. The van der Waals surface area contributed by atoms with Crippen molar-refractivity contribution in [3.05, 3.63) is 42.6 Å². The van der Waals surface area contributed by atoms with Crippen LogP contribution in [0.3, 0.4) is 0 Å². The van der Waals surface area contributed by atoms with Crippen molar-refractivity contribution in [3.8, 4) is 5.75 Å². The molecule has 21 heavy (non-hydrogen) atoms. The van der Waals surface area contributed by atoms with Crippen LogP contribution < -0.4 is 20.9 Å². The molecule has 1 aromatic carbocycles. The average Bonchev–Trinajstić information content (AvgIpc) is 3.02. The molecular formula is C15H19N5O. The van der Waals surface area contributed by atoms with Gasteiger partial charge < -0.3 is 9.64 Å². The van der Waals surface area contributed by atoms with Gasteiger partial charge in [0.25, 0.3) is 0 Å². The summed E-state index contributed by atoms with van der Waals surface area (Å²) < 4.78 is 5.87. The van der Waals surface area contributed by atoms with Gasteiger partial charge in [-0.3, -0.25) is 5.43 Å². The highest BCUT2D eigenvalue weighted by molar-refractivity contribution is 5.44. The second-order valence-corrected chi connectivity index (χ2v) is 5.00. The number of hydrazine groups is 1. The monoisotopic (exact) mass is 285 g/mol. The van der Waals surface area contributed by atoms with Crippen LogP contribution in [0.4, 0.5) is 11.8 Å². The van der Waals surface area contributed by atoms with Crippen molar-refractivity contribution in [1.82, 2.24) is 9.97 Å². The molecule has 0 bridgehead atoms. The lowest BCUT2D eigenvalue weighted by molar-refractivity contribution is 0.288. The Morgan fingerprint density at radius 3 is 2.95 bits per heavy atom. The van der Waals surface area contributed by atoms with Crippen molar-refractivity contribution in [2.24, 2.45) is 5.84 Å². The maximum Gasteiger partial charge on any atom is 0.239 e. The number of para-hydroxylation sites is 1. The lowest BCUT2D eigenvalue weighted by Crippen LogP contribution is -2.35. The molecule has 1 unspecified atom stereocenters. The van der Waals surface area contributed by atoms with Crippen LogP contribution >= 0.6 is 0 Å². The second-order valence-electron chi connectivity index (χ2n) is 5.00. The summed E-state index contributed by atoms with van der Waals surface area (Å²) in [4.78, 5) is 10.7. The number of aromatic nitrogens is 2. The summed E-state index contributed by atoms with van der Waals surface area (Å²) in [6.07, 6.45) is 3.95. The van der Waals surface area contributed by atoms with E-state index in [2.05, 4.69) is 20.3 Å². The van der Waals surface area contributed by atoms with Crippen molar-refractivity contribution >= 4 is 11.8 Å². The third kappa shape index (κ3) is 3.22. The second kappa shape index (κ2) is 6.41. The van der Waals surface area contributed by atoms with Gasteiger partial charge in [-0.1, -0.05) is 18.2 Å². The van der Waals surface area contributed by atoms with E-state index in [1.807, 2.05) is 36.4 Å². The van der Waals surface area contributed by atoms with E-state index in [1.54, 1.807) is 6.20 Å². The maximum atomic E-state index is 5.87. The molecule has 2 heterocycles. The number of benzene rings is 1. The summed E-state index contributed by atoms with van der Waals surface area (Å²) in [5, 5.41) is 0. The van der Waals surface area contributed by atoms with Gasteiger partial charge in [-0.25, -0.2) is 10.8 Å². The molecule has 6 nitrogen and oxygen atoms in total. The van der Waals surface area contributed by atoms with Gasteiger partial charge in [0.2, 0.25) is 5.95 Å². The van der Waals surface area contributed by atoms with Crippen LogP contribution in [-0.4, -0.2) is 29.2 Å². The molecule has 0 radical (unpaired) electrons. The number of nitrogens with one attached hydrogen (secondary N) is 1. The van der Waals surface area contributed by atoms with E-state index in [4.69, 9.17) is 10.6 Å². The van der Waals surface area contributed by atoms with E-state index in [1.165, 1.54) is 0 Å². The first-order chi connectivity index (χ1) is 10.4. The highest BCUT2D eigenvalue weighted by Crippen LogP contribution is 2.25. The summed E-state index contributed by atoms with van der Waals surface area (Å²) in [5.74, 6) is 7.59. The fourth-order valence-electron chi connectivity index (χ4n) is 2.60. The number of nitrogens with two attached hydrogens (primary N) is 1. The molecule has 110 valence electrons. The van der Waals surface area contributed by atoms with Gasteiger partial charge in [-0.15, -0.1) is 0 Å². The number of rotatable bonds is 5. The Morgan fingerprint density at radius 1 is 1.29 bits per heavy atom. The van der Waals surface area contributed by atoms with Gasteiger partial charge in [0.15, 0.2) is 0 Å². The summed E-state index contributed by atoms with van der Waals surface area (Å²) in [6, 6.07) is 12.1. The van der Waals surface area contributed by atoms with Gasteiger partial charge in [-0.05, 0) is 31.0 Å². The number of anilines is 2. The standard InChI is InChI=1S/C15H19N5O/c16-19-15-17-9-8-14(18-15)20-10-4-5-12(20)11-21-13-6-2-1-3-7-13/h1-3,6-9,12H,4-5,10-11,16H2,(H,17,18,19). The van der Waals surface area contributed by atoms with E-state index in [-0.39, 0.29) is 0 Å². The predicted molar refractivity (Wildman–Crippen MR) is 82.1 cm³/mol. The quantitative estimate of drug-likeness (QED) is 0.644. The minimum absolute atomic E-state index is 0.325. The molecular weight excluding hydrogens is 266 g/mol. The molecule has 0 spiro atoms. The number of nitrogens with zero attached hydrogens (tertiary/aromatic N) is 3. The topological polar surface area (TPSA) is 76.3 Å². The van der Waals surface area contributed by atoms with Crippen LogP contribution in [0.15, 0.2) is 42.6 Å². The van der Waals surface area contributed by atoms with Gasteiger partial charge in [-0.2, -0.15) is 4.98 Å². The summed E-state index contributed by atoms with van der Waals surface area (Å²) in [5.41, 5.74) is 2.48. The molecule has 1 saturated heterocycles. The fourth-order valence-corrected chi connectivity index (χ4v) is 2.60. The van der Waals surface area contributed by atoms with Crippen LogP contribution in [0, 0.1) is 0 Å². The lowest BCUT2D eigenvalue weighted by atomic mass is 10.2. The largest absolute Gasteiger partial charge is 0.491 e. The smallest absolute Gasteiger partial charge is 0.239 e. The van der Waals surface area contributed by atoms with Crippen LogP contribution in [0.1, 0.15) is 12.8 Å². The minimum atomic E-state index is 0.325. The molecule has 0 saturated carbocycles. The molecule has 1 aliphatic heterocycles. The molecule has 0 amide bonds. The highest BCUT2D eigenvalue weighted by Gasteiger charge is 2.26. The van der Waals surface area contributed by atoms with Gasteiger partial charge in [0.1, 0.15) is 18.2 Å². The van der Waals surface area contributed by atoms with Crippen LogP contribution in [0.5, 0.6) is 5.75 Å². The molecule has 6 heteroatoms. The summed E-state index contributed by atoms with van der Waals surface area (Å²) in [6.45, 7) is 1.63. The number of hydrogen-bond acceptors (Lipinski definition) is 6. The Bertz CT molecular complexity index is 577. The molecule has 3 rings (SSSR count). The first-order valence-electron chi connectivity index (χ1n) is 7.11. The van der Waals surface area contributed by atoms with Crippen molar-refractivity contribution in [3.63, 3.8) is 0 Å². The van der Waals surface area contributed by atoms with Gasteiger partial charge in [0.05, 0.1) is 6.04 Å². The fraction of sp³-hybridized carbons (Fsp3) is 0.333. The molecule has 1 fully saturated rings. The third-order valence-electron chi connectivity index (χ3n) is 3.63. The molecule has 1 aromatic heterocycles. The van der Waals surface area contributed by atoms with Crippen LogP contribution in [0.2, 0.25) is 0 Å². The first-order valence-corrected chi connectivity index (χ1v) is 7.11. The highest BCUT2D eigenvalue weighted by atomic mass is 16.5. The summed E-state index contributed by atoms with van der Waals surface area (Å²) >= 11 is 0. The van der Waals surface area contributed by atoms with Gasteiger partial charge >= 0.3 is 0 Å². The maximum absolute atomic E-state index is 5.87. The van der Waals surface area contributed by atoms with Crippen molar-refractivity contribution in [2.75, 3.05) is 23.5 Å². The number of nitrogen functional groups attached to an aromatic ring is 1. The lowest BCUT2D eigenvalue weighted by Gasteiger charge is -2.25. The normalized spacial score (nSPS) is 17.8. The predicted octanol–water partition coefficient (Wildman–Crippen LogP) is 1.81. The van der Waals surface area contributed by atoms with E-state index in [0.29, 0.717) is 18.6 Å². The number of ether oxygens (including phenoxy) is 1. The molecule has 2 aromatic rings. The van der Waals surface area contributed by atoms with E-state index < -0.39 is 0 Å². The Hall–Kier alpha value is -2.34. The average molecular weight is 285 g/mol. The zero-order valence-electron chi connectivity index (χ0n) is 11.8. The van der Waals surface area contributed by atoms with Crippen molar-refractivity contribution in [2.45, 2.75) is 18.9 Å². The van der Waals surface area contributed by atoms with Crippen LogP contribution in [-0.2, 0) is 0 Å². The Morgan fingerprint density at radius 2 is 2.14 bits per heavy atom.